The molecule has 100 valence electrons. The summed E-state index contributed by atoms with van der Waals surface area (Å²) in [5.41, 5.74) is 7.43. The van der Waals surface area contributed by atoms with Crippen LogP contribution in [0.4, 0.5) is 11.5 Å². The number of aromatic nitrogens is 2. The van der Waals surface area contributed by atoms with Crippen molar-refractivity contribution in [2.75, 3.05) is 37.4 Å². The zero-order valence-electron chi connectivity index (χ0n) is 11.0. The molecule has 1 saturated heterocycles. The molecule has 0 amide bonds. The van der Waals surface area contributed by atoms with E-state index in [1.54, 1.807) is 13.4 Å². The number of anilines is 2. The lowest BCUT2D eigenvalue weighted by Crippen LogP contribution is -2.22. The first-order valence-corrected chi connectivity index (χ1v) is 6.52. The highest BCUT2D eigenvalue weighted by atomic mass is 16.5. The van der Waals surface area contributed by atoms with Gasteiger partial charge in [-0.2, -0.15) is 0 Å². The summed E-state index contributed by atoms with van der Waals surface area (Å²) in [5, 5.41) is 1.06. The molecule has 2 N–H and O–H groups in total. The SMILES string of the molecule is COCC1CCN(c2ncnc3cc(N)ccc23)C1. The van der Waals surface area contributed by atoms with Crippen LogP contribution >= 0.6 is 0 Å². The highest BCUT2D eigenvalue weighted by Gasteiger charge is 2.24. The number of fused-ring (bicyclic) bond motifs is 1. The second kappa shape index (κ2) is 5.01. The van der Waals surface area contributed by atoms with Crippen LogP contribution in [-0.2, 0) is 4.74 Å². The molecule has 1 aliphatic rings. The summed E-state index contributed by atoms with van der Waals surface area (Å²) in [5.74, 6) is 1.59. The van der Waals surface area contributed by atoms with Crippen molar-refractivity contribution in [1.82, 2.24) is 9.97 Å². The summed E-state index contributed by atoms with van der Waals surface area (Å²) in [4.78, 5) is 11.0. The molecule has 1 atom stereocenters. The molecule has 3 rings (SSSR count). The fourth-order valence-corrected chi connectivity index (χ4v) is 2.71. The Labute approximate surface area is 112 Å². The van der Waals surface area contributed by atoms with E-state index in [4.69, 9.17) is 10.5 Å². The first-order chi connectivity index (χ1) is 9.28. The summed E-state index contributed by atoms with van der Waals surface area (Å²) in [6.07, 6.45) is 2.76. The molecule has 19 heavy (non-hydrogen) atoms. The van der Waals surface area contributed by atoms with Gasteiger partial charge in [-0.1, -0.05) is 0 Å². The van der Waals surface area contributed by atoms with Crippen molar-refractivity contribution >= 4 is 22.4 Å². The third kappa shape index (κ3) is 2.33. The van der Waals surface area contributed by atoms with E-state index in [2.05, 4.69) is 14.9 Å². The average molecular weight is 258 g/mol. The fraction of sp³-hybridized carbons (Fsp3) is 0.429. The second-order valence-electron chi connectivity index (χ2n) is 5.03. The maximum atomic E-state index is 5.80. The number of nitrogens with two attached hydrogens (primary N) is 1. The van der Waals surface area contributed by atoms with Gasteiger partial charge in [0.1, 0.15) is 12.1 Å². The van der Waals surface area contributed by atoms with E-state index in [0.717, 1.165) is 48.5 Å². The molecule has 5 heteroatoms. The number of nitrogens with zero attached hydrogens (tertiary/aromatic N) is 3. The van der Waals surface area contributed by atoms with Gasteiger partial charge in [-0.3, -0.25) is 0 Å². The van der Waals surface area contributed by atoms with Crippen molar-refractivity contribution in [3.8, 4) is 0 Å². The Balaban J connectivity index is 1.93. The van der Waals surface area contributed by atoms with Gasteiger partial charge in [0.05, 0.1) is 12.1 Å². The van der Waals surface area contributed by atoms with E-state index in [-0.39, 0.29) is 0 Å². The monoisotopic (exact) mass is 258 g/mol. The fourth-order valence-electron chi connectivity index (χ4n) is 2.71. The predicted octanol–water partition coefficient (Wildman–Crippen LogP) is 1.68. The molecule has 2 heterocycles. The lowest BCUT2D eigenvalue weighted by molar-refractivity contribution is 0.161. The number of methoxy groups -OCH3 is 1. The Morgan fingerprint density at radius 1 is 1.42 bits per heavy atom. The molecule has 0 radical (unpaired) electrons. The normalized spacial score (nSPS) is 19.2. The Morgan fingerprint density at radius 3 is 3.16 bits per heavy atom. The lowest BCUT2D eigenvalue weighted by atomic mass is 10.1. The summed E-state index contributed by atoms with van der Waals surface area (Å²) in [7, 11) is 1.76. The molecule has 0 bridgehead atoms. The van der Waals surface area contributed by atoms with Crippen LogP contribution < -0.4 is 10.6 Å². The van der Waals surface area contributed by atoms with Gasteiger partial charge in [-0.15, -0.1) is 0 Å². The molecule has 0 saturated carbocycles. The molecular formula is C14H18N4O. The van der Waals surface area contributed by atoms with Gasteiger partial charge in [0, 0.05) is 37.2 Å². The molecule has 5 nitrogen and oxygen atoms in total. The van der Waals surface area contributed by atoms with Crippen molar-refractivity contribution < 1.29 is 4.74 Å². The van der Waals surface area contributed by atoms with Crippen LogP contribution in [0.2, 0.25) is 0 Å². The third-order valence-electron chi connectivity index (χ3n) is 3.63. The van der Waals surface area contributed by atoms with Crippen LogP contribution in [0.3, 0.4) is 0 Å². The average Bonchev–Trinajstić information content (AvgIpc) is 2.86. The van der Waals surface area contributed by atoms with Crippen molar-refractivity contribution in [2.24, 2.45) is 5.92 Å². The Morgan fingerprint density at radius 2 is 2.32 bits per heavy atom. The Bertz CT molecular complexity index is 587. The first-order valence-electron chi connectivity index (χ1n) is 6.52. The number of rotatable bonds is 3. The highest BCUT2D eigenvalue weighted by molar-refractivity contribution is 5.91. The van der Waals surface area contributed by atoms with Crippen LogP contribution in [0.15, 0.2) is 24.5 Å². The third-order valence-corrected chi connectivity index (χ3v) is 3.63. The Kier molecular flexibility index (Phi) is 3.21. The summed E-state index contributed by atoms with van der Waals surface area (Å²) in [6, 6.07) is 5.80. The van der Waals surface area contributed by atoms with Crippen LogP contribution in [0.25, 0.3) is 10.9 Å². The summed E-state index contributed by atoms with van der Waals surface area (Å²) in [6.45, 7) is 2.82. The lowest BCUT2D eigenvalue weighted by Gasteiger charge is -2.19. The van der Waals surface area contributed by atoms with Crippen molar-refractivity contribution in [2.45, 2.75) is 6.42 Å². The van der Waals surface area contributed by atoms with Gasteiger partial charge in [0.25, 0.3) is 0 Å². The van der Waals surface area contributed by atoms with Crippen molar-refractivity contribution in [1.29, 1.82) is 0 Å². The molecule has 1 aromatic carbocycles. The summed E-state index contributed by atoms with van der Waals surface area (Å²) < 4.78 is 5.24. The topological polar surface area (TPSA) is 64.3 Å². The van der Waals surface area contributed by atoms with Gasteiger partial charge in [0.15, 0.2) is 0 Å². The van der Waals surface area contributed by atoms with Gasteiger partial charge in [0.2, 0.25) is 0 Å². The van der Waals surface area contributed by atoms with E-state index >= 15 is 0 Å². The molecule has 1 unspecified atom stereocenters. The Hall–Kier alpha value is -1.88. The number of nitrogen functional groups attached to an aromatic ring is 1. The standard InChI is InChI=1S/C14H18N4O/c1-19-8-10-4-5-18(7-10)14-12-3-2-11(15)6-13(12)16-9-17-14/h2-3,6,9-10H,4-5,7-8,15H2,1H3. The molecule has 1 fully saturated rings. The van der Waals surface area contributed by atoms with Crippen LogP contribution in [0.1, 0.15) is 6.42 Å². The molecule has 1 aliphatic heterocycles. The van der Waals surface area contributed by atoms with Gasteiger partial charge in [-0.05, 0) is 24.6 Å². The van der Waals surface area contributed by atoms with Crippen LogP contribution in [0.5, 0.6) is 0 Å². The first kappa shape index (κ1) is 12.2. The molecule has 1 aromatic heterocycles. The number of benzene rings is 1. The van der Waals surface area contributed by atoms with E-state index in [0.29, 0.717) is 5.92 Å². The molecular weight excluding hydrogens is 240 g/mol. The number of hydrogen-bond acceptors (Lipinski definition) is 5. The maximum absolute atomic E-state index is 5.80. The van der Waals surface area contributed by atoms with Crippen molar-refractivity contribution in [3.05, 3.63) is 24.5 Å². The molecule has 0 spiro atoms. The minimum absolute atomic E-state index is 0.587. The highest BCUT2D eigenvalue weighted by Crippen LogP contribution is 2.28. The molecule has 0 aliphatic carbocycles. The van der Waals surface area contributed by atoms with Gasteiger partial charge < -0.3 is 15.4 Å². The zero-order chi connectivity index (χ0) is 13.2. The number of ether oxygens (including phenoxy) is 1. The van der Waals surface area contributed by atoms with E-state index < -0.39 is 0 Å². The van der Waals surface area contributed by atoms with Gasteiger partial charge >= 0.3 is 0 Å². The minimum atomic E-state index is 0.587. The van der Waals surface area contributed by atoms with E-state index in [1.807, 2.05) is 18.2 Å². The van der Waals surface area contributed by atoms with Gasteiger partial charge in [-0.25, -0.2) is 9.97 Å². The van der Waals surface area contributed by atoms with E-state index in [9.17, 15) is 0 Å². The quantitative estimate of drug-likeness (QED) is 0.849. The van der Waals surface area contributed by atoms with Crippen LogP contribution in [-0.4, -0.2) is 36.8 Å². The maximum Gasteiger partial charge on any atom is 0.139 e. The zero-order valence-corrected chi connectivity index (χ0v) is 11.0. The smallest absolute Gasteiger partial charge is 0.139 e. The minimum Gasteiger partial charge on any atom is -0.399 e. The largest absolute Gasteiger partial charge is 0.399 e. The summed E-state index contributed by atoms with van der Waals surface area (Å²) >= 11 is 0. The molecule has 2 aromatic rings. The van der Waals surface area contributed by atoms with Crippen LogP contribution in [0, 0.1) is 5.92 Å². The van der Waals surface area contributed by atoms with E-state index in [1.165, 1.54) is 0 Å². The predicted molar refractivity (Wildman–Crippen MR) is 76.1 cm³/mol. The second-order valence-corrected chi connectivity index (χ2v) is 5.03. The van der Waals surface area contributed by atoms with Crippen molar-refractivity contribution in [3.63, 3.8) is 0 Å². The number of hydrogen-bond donors (Lipinski definition) is 1.